The zero-order chi connectivity index (χ0) is 14.1. The molecule has 1 heterocycles. The van der Waals surface area contributed by atoms with Crippen LogP contribution in [-0.4, -0.2) is 4.57 Å². The van der Waals surface area contributed by atoms with E-state index in [9.17, 15) is 4.39 Å². The van der Waals surface area contributed by atoms with E-state index in [1.54, 1.807) is 0 Å². The lowest BCUT2D eigenvalue weighted by Gasteiger charge is -2.10. The summed E-state index contributed by atoms with van der Waals surface area (Å²) in [6.45, 7) is 3.15. The summed E-state index contributed by atoms with van der Waals surface area (Å²) in [5.74, 6) is -0.234. The highest BCUT2D eigenvalue weighted by Gasteiger charge is 2.06. The first-order valence-electron chi connectivity index (χ1n) is 6.70. The van der Waals surface area contributed by atoms with Crippen LogP contribution in [0.5, 0.6) is 0 Å². The molecule has 0 amide bonds. The molecule has 0 unspecified atom stereocenters. The number of halogens is 1. The van der Waals surface area contributed by atoms with E-state index in [0.29, 0.717) is 13.1 Å². The van der Waals surface area contributed by atoms with Gasteiger partial charge in [-0.2, -0.15) is 0 Å². The quantitative estimate of drug-likeness (QED) is 0.773. The first-order chi connectivity index (χ1) is 9.67. The van der Waals surface area contributed by atoms with Crippen LogP contribution in [0.1, 0.15) is 16.7 Å². The molecule has 3 rings (SSSR count). The van der Waals surface area contributed by atoms with Crippen LogP contribution in [0.4, 0.5) is 4.39 Å². The van der Waals surface area contributed by atoms with E-state index in [4.69, 9.17) is 5.73 Å². The van der Waals surface area contributed by atoms with Gasteiger partial charge in [-0.15, -0.1) is 0 Å². The Morgan fingerprint density at radius 3 is 2.70 bits per heavy atom. The van der Waals surface area contributed by atoms with Crippen LogP contribution in [0.3, 0.4) is 0 Å². The zero-order valence-corrected chi connectivity index (χ0v) is 11.4. The molecule has 0 radical (unpaired) electrons. The second kappa shape index (κ2) is 5.10. The average Bonchev–Trinajstić information content (AvgIpc) is 2.83. The van der Waals surface area contributed by atoms with Gasteiger partial charge in [0.2, 0.25) is 0 Å². The highest BCUT2D eigenvalue weighted by atomic mass is 19.1. The van der Waals surface area contributed by atoms with Crippen LogP contribution in [0.25, 0.3) is 10.9 Å². The van der Waals surface area contributed by atoms with Crippen molar-refractivity contribution >= 4 is 10.9 Å². The van der Waals surface area contributed by atoms with Crippen molar-refractivity contribution in [3.63, 3.8) is 0 Å². The predicted molar refractivity (Wildman–Crippen MR) is 80.1 cm³/mol. The summed E-state index contributed by atoms with van der Waals surface area (Å²) >= 11 is 0. The molecule has 1 aromatic heterocycles. The van der Waals surface area contributed by atoms with Gasteiger partial charge in [-0.05, 0) is 53.8 Å². The molecule has 0 saturated carbocycles. The van der Waals surface area contributed by atoms with Gasteiger partial charge in [0.1, 0.15) is 5.82 Å². The normalized spacial score (nSPS) is 11.2. The van der Waals surface area contributed by atoms with Crippen molar-refractivity contribution in [1.82, 2.24) is 4.57 Å². The zero-order valence-electron chi connectivity index (χ0n) is 11.4. The minimum atomic E-state index is -0.234. The number of hydrogen-bond acceptors (Lipinski definition) is 1. The molecule has 0 aliphatic rings. The Bertz CT molecular complexity index is 759. The van der Waals surface area contributed by atoms with Gasteiger partial charge in [0, 0.05) is 24.8 Å². The number of nitrogens with two attached hydrogens (primary N) is 1. The Morgan fingerprint density at radius 1 is 1.05 bits per heavy atom. The van der Waals surface area contributed by atoms with Gasteiger partial charge < -0.3 is 10.3 Å². The number of aryl methyl sites for hydroxylation is 1. The topological polar surface area (TPSA) is 30.9 Å². The minimum Gasteiger partial charge on any atom is -0.343 e. The molecular weight excluding hydrogens is 251 g/mol. The largest absolute Gasteiger partial charge is 0.343 e. The molecule has 0 atom stereocenters. The lowest BCUT2D eigenvalue weighted by Crippen LogP contribution is -2.06. The molecule has 0 bridgehead atoms. The van der Waals surface area contributed by atoms with Gasteiger partial charge in [0.25, 0.3) is 0 Å². The summed E-state index contributed by atoms with van der Waals surface area (Å²) in [5, 5.41) is 1.22. The van der Waals surface area contributed by atoms with E-state index in [0.717, 1.165) is 11.1 Å². The fourth-order valence-corrected chi connectivity index (χ4v) is 2.58. The lowest BCUT2D eigenvalue weighted by atomic mass is 10.1. The van der Waals surface area contributed by atoms with Crippen LogP contribution in [0.15, 0.2) is 48.7 Å². The van der Waals surface area contributed by atoms with Crippen LogP contribution >= 0.6 is 0 Å². The fraction of sp³-hybridized carbons (Fsp3) is 0.176. The molecule has 0 aliphatic carbocycles. The Balaban J connectivity index is 2.01. The van der Waals surface area contributed by atoms with Crippen LogP contribution < -0.4 is 5.73 Å². The molecule has 3 heteroatoms. The molecule has 2 aromatic carbocycles. The molecule has 0 fully saturated rings. The summed E-state index contributed by atoms with van der Waals surface area (Å²) < 4.78 is 15.4. The minimum absolute atomic E-state index is 0.234. The summed E-state index contributed by atoms with van der Waals surface area (Å²) in [7, 11) is 0. The second-order valence-electron chi connectivity index (χ2n) is 5.12. The number of hydrogen-bond donors (Lipinski definition) is 1. The van der Waals surface area contributed by atoms with E-state index in [1.807, 2.05) is 6.07 Å². The maximum atomic E-state index is 13.2. The molecule has 0 spiro atoms. The second-order valence-corrected chi connectivity index (χ2v) is 5.12. The molecule has 0 aliphatic heterocycles. The predicted octanol–water partition coefficient (Wildman–Crippen LogP) is 3.60. The van der Waals surface area contributed by atoms with Crippen molar-refractivity contribution in [2.75, 3.05) is 0 Å². The number of nitrogens with zero attached hydrogens (tertiary/aromatic N) is 1. The third-order valence-electron chi connectivity index (χ3n) is 3.66. The van der Waals surface area contributed by atoms with Crippen molar-refractivity contribution in [3.8, 4) is 0 Å². The third-order valence-corrected chi connectivity index (χ3v) is 3.66. The molecule has 2 nitrogen and oxygen atoms in total. The first-order valence-corrected chi connectivity index (χ1v) is 6.70. The molecule has 3 aromatic rings. The van der Waals surface area contributed by atoms with Gasteiger partial charge in [0.15, 0.2) is 0 Å². The highest BCUT2D eigenvalue weighted by Crippen LogP contribution is 2.20. The average molecular weight is 268 g/mol. The Kier molecular flexibility index (Phi) is 3.28. The number of rotatable bonds is 3. The van der Waals surface area contributed by atoms with Gasteiger partial charge in [-0.1, -0.05) is 17.7 Å². The van der Waals surface area contributed by atoms with Crippen molar-refractivity contribution in [2.24, 2.45) is 5.73 Å². The van der Waals surface area contributed by atoms with E-state index in [1.165, 1.54) is 28.6 Å². The SMILES string of the molecule is Cc1ccc2c(ccn2Cc2ccc(F)cc2CN)c1. The third kappa shape index (κ3) is 2.32. The van der Waals surface area contributed by atoms with Gasteiger partial charge in [-0.3, -0.25) is 0 Å². The number of aromatic nitrogens is 1. The monoisotopic (exact) mass is 268 g/mol. The maximum Gasteiger partial charge on any atom is 0.123 e. The molecule has 0 saturated heterocycles. The van der Waals surface area contributed by atoms with E-state index in [2.05, 4.69) is 42.0 Å². The number of benzene rings is 2. The van der Waals surface area contributed by atoms with Crippen molar-refractivity contribution < 1.29 is 4.39 Å². The molecular formula is C17H17FN2. The van der Waals surface area contributed by atoms with Crippen LogP contribution in [-0.2, 0) is 13.1 Å². The van der Waals surface area contributed by atoms with E-state index in [-0.39, 0.29) is 5.82 Å². The summed E-state index contributed by atoms with van der Waals surface area (Å²) in [6, 6.07) is 13.3. The summed E-state index contributed by atoms with van der Waals surface area (Å²) in [4.78, 5) is 0. The lowest BCUT2D eigenvalue weighted by molar-refractivity contribution is 0.623. The van der Waals surface area contributed by atoms with E-state index < -0.39 is 0 Å². The van der Waals surface area contributed by atoms with Crippen LogP contribution in [0, 0.1) is 12.7 Å². The summed E-state index contributed by atoms with van der Waals surface area (Å²) in [5.41, 5.74) is 10.1. The smallest absolute Gasteiger partial charge is 0.123 e. The Labute approximate surface area is 117 Å². The Morgan fingerprint density at radius 2 is 1.90 bits per heavy atom. The van der Waals surface area contributed by atoms with Crippen molar-refractivity contribution in [2.45, 2.75) is 20.0 Å². The number of fused-ring (bicyclic) bond motifs is 1. The maximum absolute atomic E-state index is 13.2. The molecule has 102 valence electrons. The summed E-state index contributed by atoms with van der Waals surface area (Å²) in [6.07, 6.45) is 2.06. The standard InChI is InChI=1S/C17H17FN2/c1-12-2-5-17-13(8-12)6-7-20(17)11-14-3-4-16(18)9-15(14)10-19/h2-9H,10-11,19H2,1H3. The fourth-order valence-electron chi connectivity index (χ4n) is 2.58. The Hall–Kier alpha value is -2.13. The molecule has 20 heavy (non-hydrogen) atoms. The van der Waals surface area contributed by atoms with Crippen molar-refractivity contribution in [1.29, 1.82) is 0 Å². The highest BCUT2D eigenvalue weighted by molar-refractivity contribution is 5.80. The van der Waals surface area contributed by atoms with Crippen molar-refractivity contribution in [3.05, 3.63) is 71.2 Å². The van der Waals surface area contributed by atoms with Gasteiger partial charge in [-0.25, -0.2) is 4.39 Å². The van der Waals surface area contributed by atoms with Gasteiger partial charge in [0.05, 0.1) is 0 Å². The van der Waals surface area contributed by atoms with E-state index >= 15 is 0 Å². The first kappa shape index (κ1) is 12.9. The molecule has 2 N–H and O–H groups in total. The van der Waals surface area contributed by atoms with Crippen LogP contribution in [0.2, 0.25) is 0 Å². The van der Waals surface area contributed by atoms with Gasteiger partial charge >= 0.3 is 0 Å².